The average Bonchev–Trinajstić information content (AvgIpc) is 2.06. The highest BCUT2D eigenvalue weighted by Crippen LogP contribution is 2.32. The molecule has 1 atom stereocenters. The fraction of sp³-hybridized carbons (Fsp3) is 1.00. The summed E-state index contributed by atoms with van der Waals surface area (Å²) in [5, 5.41) is 1.18. The maximum Gasteiger partial charge on any atom is 0.0195 e. The molecule has 0 aromatic carbocycles. The molecule has 3 aliphatic heterocycles. The largest absolute Gasteiger partial charge is 0.300 e. The van der Waals surface area contributed by atoms with Crippen LogP contribution >= 0.6 is 15.9 Å². The van der Waals surface area contributed by atoms with Crippen LogP contribution in [0.1, 0.15) is 19.3 Å². The van der Waals surface area contributed by atoms with Gasteiger partial charge in [0.15, 0.2) is 0 Å². The van der Waals surface area contributed by atoms with E-state index in [1.165, 1.54) is 37.7 Å². The lowest BCUT2D eigenvalue weighted by molar-refractivity contribution is 0.0624. The smallest absolute Gasteiger partial charge is 0.0195 e. The van der Waals surface area contributed by atoms with Crippen molar-refractivity contribution in [2.75, 3.05) is 18.4 Å². The van der Waals surface area contributed by atoms with Crippen molar-refractivity contribution < 1.29 is 0 Å². The van der Waals surface area contributed by atoms with Crippen LogP contribution < -0.4 is 0 Å². The Kier molecular flexibility index (Phi) is 2.01. The lowest BCUT2D eigenvalue weighted by atomic mass is 9.84. The van der Waals surface area contributed by atoms with E-state index in [4.69, 9.17) is 0 Å². The Morgan fingerprint density at radius 1 is 1.30 bits per heavy atom. The number of hydrogen-bond acceptors (Lipinski definition) is 1. The average molecular weight is 204 g/mol. The predicted molar refractivity (Wildman–Crippen MR) is 46.5 cm³/mol. The quantitative estimate of drug-likeness (QED) is 0.589. The van der Waals surface area contributed by atoms with Crippen LogP contribution in [0.15, 0.2) is 0 Å². The summed E-state index contributed by atoms with van der Waals surface area (Å²) in [6.45, 7) is 2.72. The SMILES string of the molecule is BrCC1CC2CCN1CC2. The van der Waals surface area contributed by atoms with Gasteiger partial charge >= 0.3 is 0 Å². The van der Waals surface area contributed by atoms with Crippen molar-refractivity contribution in [2.24, 2.45) is 5.92 Å². The Morgan fingerprint density at radius 3 is 2.30 bits per heavy atom. The minimum atomic E-state index is 0.868. The summed E-state index contributed by atoms with van der Waals surface area (Å²) >= 11 is 3.57. The number of hydrogen-bond donors (Lipinski definition) is 0. The number of fused-ring (bicyclic) bond motifs is 3. The third-order valence-corrected chi connectivity index (χ3v) is 3.70. The predicted octanol–water partition coefficient (Wildman–Crippen LogP) is 1.87. The van der Waals surface area contributed by atoms with Crippen LogP contribution in [0.25, 0.3) is 0 Å². The second kappa shape index (κ2) is 2.82. The standard InChI is InChI=1S/C8H14BrN/c9-6-8-5-7-1-3-10(8)4-2-7/h7-8H,1-6H2. The molecule has 3 fully saturated rings. The summed E-state index contributed by atoms with van der Waals surface area (Å²) in [5.74, 6) is 1.06. The van der Waals surface area contributed by atoms with Gasteiger partial charge in [0.2, 0.25) is 0 Å². The molecule has 0 aromatic rings. The zero-order chi connectivity index (χ0) is 6.97. The summed E-state index contributed by atoms with van der Waals surface area (Å²) in [4.78, 5) is 2.63. The van der Waals surface area contributed by atoms with E-state index in [1.54, 1.807) is 0 Å². The molecule has 0 saturated carbocycles. The zero-order valence-corrected chi connectivity index (χ0v) is 7.81. The van der Waals surface area contributed by atoms with E-state index >= 15 is 0 Å². The molecular formula is C8H14BrN. The first-order valence-corrected chi connectivity index (χ1v) is 5.32. The van der Waals surface area contributed by atoms with Gasteiger partial charge in [-0.15, -0.1) is 0 Å². The van der Waals surface area contributed by atoms with Crippen molar-refractivity contribution >= 4 is 15.9 Å². The highest BCUT2D eigenvalue weighted by Gasteiger charge is 2.32. The van der Waals surface area contributed by atoms with E-state index in [1.807, 2.05) is 0 Å². The first kappa shape index (κ1) is 7.11. The van der Waals surface area contributed by atoms with Gasteiger partial charge in [0.25, 0.3) is 0 Å². The summed E-state index contributed by atoms with van der Waals surface area (Å²) in [5.41, 5.74) is 0. The van der Waals surface area contributed by atoms with Crippen molar-refractivity contribution in [3.63, 3.8) is 0 Å². The van der Waals surface area contributed by atoms with E-state index in [0.717, 1.165) is 12.0 Å². The van der Waals surface area contributed by atoms with Gasteiger partial charge in [-0.2, -0.15) is 0 Å². The normalized spacial score (nSPS) is 45.9. The van der Waals surface area contributed by atoms with Gasteiger partial charge in [-0.25, -0.2) is 0 Å². The third kappa shape index (κ3) is 1.12. The number of piperidine rings is 3. The van der Waals surface area contributed by atoms with Crippen LogP contribution in [0.3, 0.4) is 0 Å². The molecule has 0 radical (unpaired) electrons. The Morgan fingerprint density at radius 2 is 2.00 bits per heavy atom. The number of nitrogens with zero attached hydrogens (tertiary/aromatic N) is 1. The van der Waals surface area contributed by atoms with E-state index in [0.29, 0.717) is 0 Å². The summed E-state index contributed by atoms with van der Waals surface area (Å²) < 4.78 is 0. The summed E-state index contributed by atoms with van der Waals surface area (Å²) in [6.07, 6.45) is 4.37. The molecule has 3 saturated heterocycles. The van der Waals surface area contributed by atoms with Crippen LogP contribution in [0, 0.1) is 5.92 Å². The van der Waals surface area contributed by atoms with Crippen LogP contribution in [-0.2, 0) is 0 Å². The van der Waals surface area contributed by atoms with Crippen LogP contribution in [0.2, 0.25) is 0 Å². The van der Waals surface area contributed by atoms with E-state index < -0.39 is 0 Å². The highest BCUT2D eigenvalue weighted by atomic mass is 79.9. The molecule has 1 unspecified atom stereocenters. The van der Waals surface area contributed by atoms with E-state index in [9.17, 15) is 0 Å². The fourth-order valence-corrected chi connectivity index (χ4v) is 2.92. The Hall–Kier alpha value is 0.440. The van der Waals surface area contributed by atoms with Gasteiger partial charge in [0, 0.05) is 11.4 Å². The van der Waals surface area contributed by atoms with Gasteiger partial charge in [-0.3, -0.25) is 4.90 Å². The first-order valence-electron chi connectivity index (χ1n) is 4.20. The molecule has 1 nitrogen and oxygen atoms in total. The third-order valence-electron chi connectivity index (χ3n) is 2.95. The Labute approximate surface area is 70.9 Å². The minimum Gasteiger partial charge on any atom is -0.300 e. The molecule has 0 aliphatic carbocycles. The minimum absolute atomic E-state index is 0.868. The van der Waals surface area contributed by atoms with Crippen LogP contribution in [-0.4, -0.2) is 29.4 Å². The maximum absolute atomic E-state index is 3.57. The van der Waals surface area contributed by atoms with E-state index in [-0.39, 0.29) is 0 Å². The molecule has 10 heavy (non-hydrogen) atoms. The number of halogens is 1. The molecule has 0 spiro atoms. The lowest BCUT2D eigenvalue weighted by Crippen LogP contribution is -2.49. The second-order valence-electron chi connectivity index (χ2n) is 3.52. The van der Waals surface area contributed by atoms with Crippen LogP contribution in [0.4, 0.5) is 0 Å². The zero-order valence-electron chi connectivity index (χ0n) is 6.22. The Bertz CT molecular complexity index is 118. The molecule has 0 aromatic heterocycles. The molecular weight excluding hydrogens is 190 g/mol. The maximum atomic E-state index is 3.57. The molecule has 2 bridgehead atoms. The molecule has 3 rings (SSSR count). The molecule has 3 aliphatic rings. The van der Waals surface area contributed by atoms with Crippen molar-refractivity contribution in [2.45, 2.75) is 25.3 Å². The molecule has 0 amide bonds. The number of rotatable bonds is 1. The van der Waals surface area contributed by atoms with Crippen molar-refractivity contribution in [3.05, 3.63) is 0 Å². The fourth-order valence-electron chi connectivity index (χ4n) is 2.25. The topological polar surface area (TPSA) is 3.24 Å². The monoisotopic (exact) mass is 203 g/mol. The molecule has 58 valence electrons. The molecule has 0 N–H and O–H groups in total. The van der Waals surface area contributed by atoms with Crippen LogP contribution in [0.5, 0.6) is 0 Å². The van der Waals surface area contributed by atoms with Crippen molar-refractivity contribution in [3.8, 4) is 0 Å². The summed E-state index contributed by atoms with van der Waals surface area (Å²) in [6, 6.07) is 0.868. The van der Waals surface area contributed by atoms with Crippen molar-refractivity contribution in [1.29, 1.82) is 0 Å². The first-order chi connectivity index (χ1) is 4.90. The molecule has 3 heterocycles. The van der Waals surface area contributed by atoms with Gasteiger partial charge in [0.1, 0.15) is 0 Å². The summed E-state index contributed by atoms with van der Waals surface area (Å²) in [7, 11) is 0. The van der Waals surface area contributed by atoms with E-state index in [2.05, 4.69) is 20.8 Å². The highest BCUT2D eigenvalue weighted by molar-refractivity contribution is 9.09. The Balaban J connectivity index is 2.01. The van der Waals surface area contributed by atoms with Gasteiger partial charge in [-0.05, 0) is 38.3 Å². The molecule has 2 heteroatoms. The van der Waals surface area contributed by atoms with Gasteiger partial charge < -0.3 is 0 Å². The lowest BCUT2D eigenvalue weighted by Gasteiger charge is -2.44. The van der Waals surface area contributed by atoms with Gasteiger partial charge in [0.05, 0.1) is 0 Å². The van der Waals surface area contributed by atoms with Crippen molar-refractivity contribution in [1.82, 2.24) is 4.90 Å². The second-order valence-corrected chi connectivity index (χ2v) is 4.17. The number of alkyl halides is 1. The van der Waals surface area contributed by atoms with Gasteiger partial charge in [-0.1, -0.05) is 15.9 Å².